The van der Waals surface area contributed by atoms with Crippen molar-refractivity contribution in [1.82, 2.24) is 4.72 Å². The number of nitrogen functional groups attached to an aromatic ring is 1. The van der Waals surface area contributed by atoms with Crippen molar-refractivity contribution in [2.75, 3.05) is 12.3 Å². The van der Waals surface area contributed by atoms with Crippen LogP contribution in [-0.4, -0.2) is 27.2 Å². The summed E-state index contributed by atoms with van der Waals surface area (Å²) < 4.78 is 46.3. The first kappa shape index (κ1) is 15.2. The molecule has 1 aromatic carbocycles. The normalized spacial score (nSPS) is 23.8. The molecule has 0 saturated carbocycles. The van der Waals surface area contributed by atoms with E-state index < -0.39 is 15.8 Å². The SMILES string of the molecule is Cc1c(F)cc(N)cc1S(=O)(=O)NC1CCOC(C)C1. The molecule has 0 spiro atoms. The minimum Gasteiger partial charge on any atom is -0.399 e. The van der Waals surface area contributed by atoms with Gasteiger partial charge in [-0.3, -0.25) is 0 Å². The Morgan fingerprint density at radius 3 is 2.80 bits per heavy atom. The van der Waals surface area contributed by atoms with Gasteiger partial charge in [-0.1, -0.05) is 0 Å². The molecule has 1 fully saturated rings. The van der Waals surface area contributed by atoms with Crippen molar-refractivity contribution >= 4 is 15.7 Å². The molecule has 3 N–H and O–H groups in total. The van der Waals surface area contributed by atoms with Crippen molar-refractivity contribution in [3.8, 4) is 0 Å². The van der Waals surface area contributed by atoms with Crippen LogP contribution in [0.5, 0.6) is 0 Å². The third-order valence-corrected chi connectivity index (χ3v) is 5.06. The summed E-state index contributed by atoms with van der Waals surface area (Å²) in [5.74, 6) is -0.620. The van der Waals surface area contributed by atoms with Crippen molar-refractivity contribution in [2.24, 2.45) is 0 Å². The fraction of sp³-hybridized carbons (Fsp3) is 0.538. The molecule has 20 heavy (non-hydrogen) atoms. The van der Waals surface area contributed by atoms with Gasteiger partial charge in [0.05, 0.1) is 11.0 Å². The highest BCUT2D eigenvalue weighted by atomic mass is 32.2. The molecule has 1 aliphatic heterocycles. The van der Waals surface area contributed by atoms with E-state index in [1.165, 1.54) is 13.0 Å². The molecule has 0 bridgehead atoms. The number of nitrogens with two attached hydrogens (primary N) is 1. The molecule has 1 heterocycles. The van der Waals surface area contributed by atoms with Gasteiger partial charge in [0.2, 0.25) is 10.0 Å². The van der Waals surface area contributed by atoms with E-state index in [1.807, 2.05) is 6.92 Å². The zero-order chi connectivity index (χ0) is 14.9. The Kier molecular flexibility index (Phi) is 4.31. The first-order valence-electron chi connectivity index (χ1n) is 6.49. The second kappa shape index (κ2) is 5.67. The van der Waals surface area contributed by atoms with E-state index in [0.29, 0.717) is 19.4 Å². The highest BCUT2D eigenvalue weighted by molar-refractivity contribution is 7.89. The van der Waals surface area contributed by atoms with Gasteiger partial charge in [0, 0.05) is 23.9 Å². The third-order valence-electron chi connectivity index (χ3n) is 3.42. The minimum atomic E-state index is -3.78. The first-order chi connectivity index (χ1) is 9.29. The van der Waals surface area contributed by atoms with Crippen LogP contribution in [0.2, 0.25) is 0 Å². The Hall–Kier alpha value is -1.18. The second-order valence-corrected chi connectivity index (χ2v) is 6.83. The zero-order valence-electron chi connectivity index (χ0n) is 11.5. The van der Waals surface area contributed by atoms with Crippen LogP contribution >= 0.6 is 0 Å². The van der Waals surface area contributed by atoms with Crippen LogP contribution < -0.4 is 10.5 Å². The molecule has 2 atom stereocenters. The highest BCUT2D eigenvalue weighted by Gasteiger charge is 2.27. The van der Waals surface area contributed by atoms with Crippen LogP contribution in [0.4, 0.5) is 10.1 Å². The number of sulfonamides is 1. The lowest BCUT2D eigenvalue weighted by Crippen LogP contribution is -2.41. The van der Waals surface area contributed by atoms with Crippen LogP contribution in [0, 0.1) is 12.7 Å². The molecule has 0 amide bonds. The van der Waals surface area contributed by atoms with Gasteiger partial charge in [-0.25, -0.2) is 17.5 Å². The van der Waals surface area contributed by atoms with Gasteiger partial charge in [-0.05, 0) is 38.8 Å². The summed E-state index contributed by atoms with van der Waals surface area (Å²) in [6, 6.07) is 2.20. The predicted octanol–water partition coefficient (Wildman–Crippen LogP) is 1.56. The predicted molar refractivity (Wildman–Crippen MR) is 74.3 cm³/mol. The van der Waals surface area contributed by atoms with Crippen LogP contribution in [0.15, 0.2) is 17.0 Å². The number of benzene rings is 1. The van der Waals surface area contributed by atoms with E-state index in [-0.39, 0.29) is 28.3 Å². The summed E-state index contributed by atoms with van der Waals surface area (Å²) in [6.45, 7) is 3.83. The number of anilines is 1. The zero-order valence-corrected chi connectivity index (χ0v) is 12.3. The lowest BCUT2D eigenvalue weighted by molar-refractivity contribution is 0.0173. The molecule has 5 nitrogen and oxygen atoms in total. The van der Waals surface area contributed by atoms with E-state index in [1.54, 1.807) is 0 Å². The lowest BCUT2D eigenvalue weighted by atomic mass is 10.1. The van der Waals surface area contributed by atoms with E-state index in [2.05, 4.69) is 4.72 Å². The Morgan fingerprint density at radius 1 is 1.45 bits per heavy atom. The Balaban J connectivity index is 2.26. The van der Waals surface area contributed by atoms with Crippen LogP contribution in [0.25, 0.3) is 0 Å². The smallest absolute Gasteiger partial charge is 0.241 e. The van der Waals surface area contributed by atoms with Gasteiger partial charge < -0.3 is 10.5 Å². The summed E-state index contributed by atoms with van der Waals surface area (Å²) in [4.78, 5) is -0.103. The minimum absolute atomic E-state index is 0.00938. The molecule has 2 unspecified atom stereocenters. The molecule has 1 aliphatic rings. The van der Waals surface area contributed by atoms with Crippen molar-refractivity contribution in [3.63, 3.8) is 0 Å². The fourth-order valence-corrected chi connectivity index (χ4v) is 3.91. The molecule has 112 valence electrons. The first-order valence-corrected chi connectivity index (χ1v) is 7.97. The Bertz CT molecular complexity index is 604. The number of hydrogen-bond acceptors (Lipinski definition) is 4. The number of halogens is 1. The van der Waals surface area contributed by atoms with E-state index >= 15 is 0 Å². The van der Waals surface area contributed by atoms with Crippen molar-refractivity contribution < 1.29 is 17.5 Å². The highest BCUT2D eigenvalue weighted by Crippen LogP contribution is 2.23. The summed E-state index contributed by atoms with van der Waals surface area (Å²) in [5, 5.41) is 0. The molecular formula is C13H19FN2O3S. The van der Waals surface area contributed by atoms with Crippen molar-refractivity contribution in [1.29, 1.82) is 0 Å². The summed E-state index contributed by atoms with van der Waals surface area (Å²) in [6.07, 6.45) is 1.21. The summed E-state index contributed by atoms with van der Waals surface area (Å²) in [5.41, 5.74) is 5.70. The van der Waals surface area contributed by atoms with E-state index in [4.69, 9.17) is 10.5 Å². The van der Waals surface area contributed by atoms with E-state index in [0.717, 1.165) is 6.07 Å². The molecule has 1 aromatic rings. The van der Waals surface area contributed by atoms with Gasteiger partial charge in [0.1, 0.15) is 5.82 Å². The van der Waals surface area contributed by atoms with Gasteiger partial charge >= 0.3 is 0 Å². The van der Waals surface area contributed by atoms with Crippen molar-refractivity contribution in [2.45, 2.75) is 43.7 Å². The molecule has 0 aromatic heterocycles. The maximum Gasteiger partial charge on any atom is 0.241 e. The maximum absolute atomic E-state index is 13.6. The Morgan fingerprint density at radius 2 is 2.15 bits per heavy atom. The number of hydrogen-bond donors (Lipinski definition) is 2. The van der Waals surface area contributed by atoms with Gasteiger partial charge in [0.15, 0.2) is 0 Å². The van der Waals surface area contributed by atoms with Crippen LogP contribution in [-0.2, 0) is 14.8 Å². The third kappa shape index (κ3) is 3.28. The molecule has 0 aliphatic carbocycles. The maximum atomic E-state index is 13.6. The summed E-state index contributed by atoms with van der Waals surface area (Å²) >= 11 is 0. The second-order valence-electron chi connectivity index (χ2n) is 5.15. The Labute approximate surface area is 118 Å². The van der Waals surface area contributed by atoms with Gasteiger partial charge in [-0.2, -0.15) is 0 Å². The van der Waals surface area contributed by atoms with Crippen LogP contribution in [0.1, 0.15) is 25.3 Å². The average molecular weight is 302 g/mol. The standard InChI is InChI=1S/C13H19FN2O3S/c1-8-5-11(3-4-19-8)16-20(17,18)13-7-10(15)6-12(14)9(13)2/h6-8,11,16H,3-5,15H2,1-2H3. The van der Waals surface area contributed by atoms with Crippen LogP contribution in [0.3, 0.4) is 0 Å². The molecule has 1 saturated heterocycles. The van der Waals surface area contributed by atoms with Crippen molar-refractivity contribution in [3.05, 3.63) is 23.5 Å². The number of rotatable bonds is 3. The lowest BCUT2D eigenvalue weighted by Gasteiger charge is -2.28. The van der Waals surface area contributed by atoms with E-state index in [9.17, 15) is 12.8 Å². The molecule has 7 heteroatoms. The molecular weight excluding hydrogens is 283 g/mol. The summed E-state index contributed by atoms with van der Waals surface area (Å²) in [7, 11) is -3.78. The quantitative estimate of drug-likeness (QED) is 0.830. The number of nitrogens with one attached hydrogen (secondary N) is 1. The molecule has 2 rings (SSSR count). The van der Waals surface area contributed by atoms with Gasteiger partial charge in [0.25, 0.3) is 0 Å². The largest absolute Gasteiger partial charge is 0.399 e. The monoisotopic (exact) mass is 302 g/mol. The number of ether oxygens (including phenoxy) is 1. The fourth-order valence-electron chi connectivity index (χ4n) is 2.34. The topological polar surface area (TPSA) is 81.4 Å². The average Bonchev–Trinajstić information content (AvgIpc) is 2.33. The molecule has 0 radical (unpaired) electrons. The van der Waals surface area contributed by atoms with Gasteiger partial charge in [-0.15, -0.1) is 0 Å².